The minimum Gasteiger partial charge on any atom is -0.463 e. The van der Waals surface area contributed by atoms with E-state index in [1.54, 1.807) is 12.2 Å². The van der Waals surface area contributed by atoms with E-state index in [0.29, 0.717) is 19.3 Å². The van der Waals surface area contributed by atoms with Gasteiger partial charge in [-0.05, 0) is 44.1 Å². The molecule has 258 valence electrons. The topological polar surface area (TPSA) is 110 Å². The molecule has 1 aliphatic rings. The molecule has 0 unspecified atom stereocenters. The van der Waals surface area contributed by atoms with E-state index in [9.17, 15) is 24.6 Å². The molecule has 0 radical (unpaired) electrons. The van der Waals surface area contributed by atoms with E-state index in [-0.39, 0.29) is 43.2 Å². The molecule has 7 nitrogen and oxygen atoms in total. The molecular formula is C38H64O7. The Morgan fingerprint density at radius 1 is 0.756 bits per heavy atom. The van der Waals surface area contributed by atoms with E-state index >= 15 is 0 Å². The van der Waals surface area contributed by atoms with Crippen LogP contribution in [0, 0.1) is 11.8 Å². The molecule has 2 N–H and O–H groups in total. The van der Waals surface area contributed by atoms with Gasteiger partial charge >= 0.3 is 11.9 Å². The van der Waals surface area contributed by atoms with Crippen LogP contribution in [-0.2, 0) is 23.9 Å². The molecular weight excluding hydrogens is 568 g/mol. The second-order valence-corrected chi connectivity index (χ2v) is 12.7. The van der Waals surface area contributed by atoms with Crippen LogP contribution in [0.2, 0.25) is 0 Å². The maximum absolute atomic E-state index is 12.2. The number of ketones is 1. The van der Waals surface area contributed by atoms with Gasteiger partial charge in [0.15, 0.2) is 5.78 Å². The maximum atomic E-state index is 12.2. The van der Waals surface area contributed by atoms with Crippen LogP contribution in [0.15, 0.2) is 36.5 Å². The molecule has 0 aromatic heterocycles. The van der Waals surface area contributed by atoms with Gasteiger partial charge in [-0.3, -0.25) is 14.4 Å². The summed E-state index contributed by atoms with van der Waals surface area (Å²) >= 11 is 0. The van der Waals surface area contributed by atoms with E-state index < -0.39 is 18.2 Å². The average Bonchev–Trinajstić information content (AvgIpc) is 3.38. The van der Waals surface area contributed by atoms with Crippen molar-refractivity contribution in [1.29, 1.82) is 0 Å². The van der Waals surface area contributed by atoms with Crippen LogP contribution in [0.3, 0.4) is 0 Å². The van der Waals surface area contributed by atoms with Crippen molar-refractivity contribution < 1.29 is 34.1 Å². The lowest BCUT2D eigenvalue weighted by Crippen LogP contribution is -2.25. The molecule has 7 heteroatoms. The first kappa shape index (κ1) is 40.8. The van der Waals surface area contributed by atoms with Crippen LogP contribution < -0.4 is 0 Å². The van der Waals surface area contributed by atoms with Crippen molar-refractivity contribution in [2.45, 2.75) is 161 Å². The monoisotopic (exact) mass is 632 g/mol. The fourth-order valence-electron chi connectivity index (χ4n) is 5.49. The molecule has 4 atom stereocenters. The quantitative estimate of drug-likeness (QED) is 0.0483. The van der Waals surface area contributed by atoms with Crippen LogP contribution in [0.1, 0.15) is 149 Å². The van der Waals surface area contributed by atoms with Crippen molar-refractivity contribution in [1.82, 2.24) is 0 Å². The number of unbranched alkanes of at least 4 members (excludes halogenated alkanes) is 14. The van der Waals surface area contributed by atoms with Gasteiger partial charge in [-0.15, -0.1) is 0 Å². The molecule has 0 aromatic rings. The molecule has 0 aliphatic heterocycles. The summed E-state index contributed by atoms with van der Waals surface area (Å²) < 4.78 is 10.3. The number of hydrogen-bond acceptors (Lipinski definition) is 7. The minimum absolute atomic E-state index is 0.0738. The van der Waals surface area contributed by atoms with E-state index in [0.717, 1.165) is 51.4 Å². The zero-order valence-electron chi connectivity index (χ0n) is 28.5. The van der Waals surface area contributed by atoms with Gasteiger partial charge in [0.25, 0.3) is 0 Å². The second kappa shape index (κ2) is 28.0. The van der Waals surface area contributed by atoms with Gasteiger partial charge in [0.05, 0.1) is 6.10 Å². The molecule has 0 bridgehead atoms. The van der Waals surface area contributed by atoms with Crippen LogP contribution in [0.4, 0.5) is 0 Å². The number of ether oxygens (including phenoxy) is 2. The average molecular weight is 633 g/mol. The summed E-state index contributed by atoms with van der Waals surface area (Å²) in [6.45, 7) is 4.02. The Morgan fingerprint density at radius 2 is 1.29 bits per heavy atom. The maximum Gasteiger partial charge on any atom is 0.305 e. The zero-order valence-corrected chi connectivity index (χ0v) is 28.5. The Balaban J connectivity index is 2.04. The zero-order chi connectivity index (χ0) is 33.0. The van der Waals surface area contributed by atoms with Crippen LogP contribution in [-0.4, -0.2) is 53.4 Å². The van der Waals surface area contributed by atoms with Gasteiger partial charge < -0.3 is 19.7 Å². The number of esters is 2. The van der Waals surface area contributed by atoms with E-state index in [2.05, 4.69) is 13.8 Å². The molecule has 0 fully saturated rings. The van der Waals surface area contributed by atoms with Gasteiger partial charge in [0.1, 0.15) is 19.3 Å². The third-order valence-corrected chi connectivity index (χ3v) is 8.38. The fraction of sp³-hybridized carbons (Fsp3) is 0.763. The Kier molecular flexibility index (Phi) is 25.4. The predicted octanol–water partition coefficient (Wildman–Crippen LogP) is 8.51. The number of aliphatic hydroxyl groups excluding tert-OH is 2. The number of carbonyl (C=O) groups excluding carboxylic acids is 3. The van der Waals surface area contributed by atoms with Gasteiger partial charge in [0, 0.05) is 18.8 Å². The molecule has 0 saturated carbocycles. The molecule has 0 heterocycles. The Bertz CT molecular complexity index is 862. The minimum atomic E-state index is -1.03. The third-order valence-electron chi connectivity index (χ3n) is 8.38. The molecule has 0 aromatic carbocycles. The summed E-state index contributed by atoms with van der Waals surface area (Å²) in [5.74, 6) is -0.788. The summed E-state index contributed by atoms with van der Waals surface area (Å²) in [5, 5.41) is 20.1. The highest BCUT2D eigenvalue weighted by molar-refractivity contribution is 5.95. The van der Waals surface area contributed by atoms with Gasteiger partial charge in [-0.25, -0.2) is 0 Å². The fourth-order valence-corrected chi connectivity index (χ4v) is 5.49. The molecule has 1 rings (SSSR count). The number of aliphatic hydroxyl groups is 2. The van der Waals surface area contributed by atoms with E-state index in [1.807, 2.05) is 24.3 Å². The molecule has 0 amide bonds. The predicted molar refractivity (Wildman–Crippen MR) is 182 cm³/mol. The normalized spacial score (nSPS) is 17.8. The van der Waals surface area contributed by atoms with Crippen molar-refractivity contribution in [3.8, 4) is 0 Å². The first-order chi connectivity index (χ1) is 21.9. The van der Waals surface area contributed by atoms with Crippen molar-refractivity contribution in [2.75, 3.05) is 13.2 Å². The summed E-state index contributed by atoms with van der Waals surface area (Å²) in [4.78, 5) is 36.2. The lowest BCUT2D eigenvalue weighted by molar-refractivity contribution is -0.152. The summed E-state index contributed by atoms with van der Waals surface area (Å²) in [6, 6.07) is 0. The summed E-state index contributed by atoms with van der Waals surface area (Å²) in [6.07, 6.45) is 31.0. The molecule has 0 spiro atoms. The standard InChI is InChI=1S/C38H64O7/c1-3-5-7-8-9-10-11-12-13-14-15-20-24-37(42)44-30-34(40)31-45-38(43)25-21-17-16-19-22-32-26-29-36(41)35(32)28-27-33(39)23-18-6-4-2/h16,19,26-29,32-35,39-40H,3-15,17-18,20-25,30-31H2,1-2H3/b19-16-,28-27+/t32-,33-,34-,35+/m0/s1. The smallest absolute Gasteiger partial charge is 0.305 e. The highest BCUT2D eigenvalue weighted by atomic mass is 16.6. The van der Waals surface area contributed by atoms with Crippen molar-refractivity contribution in [3.63, 3.8) is 0 Å². The Hall–Kier alpha value is -2.25. The number of carbonyl (C=O) groups is 3. The van der Waals surface area contributed by atoms with Crippen molar-refractivity contribution >= 4 is 17.7 Å². The molecule has 45 heavy (non-hydrogen) atoms. The Labute approximate surface area is 273 Å². The van der Waals surface area contributed by atoms with Crippen molar-refractivity contribution in [3.05, 3.63) is 36.5 Å². The molecule has 0 saturated heterocycles. The van der Waals surface area contributed by atoms with Crippen LogP contribution in [0.5, 0.6) is 0 Å². The summed E-state index contributed by atoms with van der Waals surface area (Å²) in [5.41, 5.74) is 0. The first-order valence-corrected chi connectivity index (χ1v) is 18.1. The highest BCUT2D eigenvalue weighted by Crippen LogP contribution is 2.27. The van der Waals surface area contributed by atoms with Crippen LogP contribution in [0.25, 0.3) is 0 Å². The largest absolute Gasteiger partial charge is 0.463 e. The Morgan fingerprint density at radius 3 is 1.89 bits per heavy atom. The lowest BCUT2D eigenvalue weighted by atomic mass is 9.90. The van der Waals surface area contributed by atoms with E-state index in [1.165, 1.54) is 57.8 Å². The SMILES string of the molecule is CCCCCCCCCCCCCCC(=O)OC[C@H](O)COC(=O)CCC/C=C\C[C@H]1C=CC(=O)[C@@H]1/C=C/[C@@H](O)CCCCC. The van der Waals surface area contributed by atoms with Gasteiger partial charge in [-0.1, -0.05) is 134 Å². The number of allylic oxidation sites excluding steroid dienone is 5. The lowest BCUT2D eigenvalue weighted by Gasteiger charge is -2.13. The highest BCUT2D eigenvalue weighted by Gasteiger charge is 2.26. The van der Waals surface area contributed by atoms with Crippen LogP contribution >= 0.6 is 0 Å². The first-order valence-electron chi connectivity index (χ1n) is 18.1. The van der Waals surface area contributed by atoms with Gasteiger partial charge in [-0.2, -0.15) is 0 Å². The van der Waals surface area contributed by atoms with E-state index in [4.69, 9.17) is 9.47 Å². The number of rotatable bonds is 29. The van der Waals surface area contributed by atoms with Gasteiger partial charge in [0.2, 0.25) is 0 Å². The number of hydrogen-bond donors (Lipinski definition) is 2. The second-order valence-electron chi connectivity index (χ2n) is 12.7. The molecule has 1 aliphatic carbocycles. The third kappa shape index (κ3) is 22.8. The van der Waals surface area contributed by atoms with Crippen molar-refractivity contribution in [2.24, 2.45) is 11.8 Å². The summed E-state index contributed by atoms with van der Waals surface area (Å²) in [7, 11) is 0.